The number of anilines is 2. The van der Waals surface area contributed by atoms with Crippen molar-refractivity contribution in [1.82, 2.24) is 10.2 Å². The SMILES string of the molecule is CCc1c(-c2ccc([N+](=O)[O-])cc2)sc(NCc2c(F)cccc2F)c1C(=O)Nc1ccc(OC)nn1. The predicted octanol–water partition coefficient (Wildman–Crippen LogP) is 5.83. The Kier molecular flexibility index (Phi) is 7.68. The van der Waals surface area contributed by atoms with Crippen molar-refractivity contribution < 1.29 is 23.2 Å². The van der Waals surface area contributed by atoms with Crippen molar-refractivity contribution in [2.45, 2.75) is 19.9 Å². The van der Waals surface area contributed by atoms with Gasteiger partial charge in [-0.25, -0.2) is 8.78 Å². The second-order valence-corrected chi connectivity index (χ2v) is 8.76. The Morgan fingerprint density at radius 2 is 1.76 bits per heavy atom. The third-order valence-corrected chi connectivity index (χ3v) is 6.75. The maximum Gasteiger partial charge on any atom is 0.269 e. The minimum absolute atomic E-state index is 0.0669. The number of methoxy groups -OCH3 is 1. The van der Waals surface area contributed by atoms with Crippen molar-refractivity contribution in [2.24, 2.45) is 0 Å². The lowest BCUT2D eigenvalue weighted by molar-refractivity contribution is -0.384. The molecule has 0 radical (unpaired) electrons. The standard InChI is InChI=1S/C25H21F2N5O4S/c1-3-16-22(24(33)29-20-11-12-21(36-2)31-30-20)25(28-13-17-18(26)5-4-6-19(17)27)37-23(16)14-7-9-15(10-8-14)32(34)35/h4-12,28H,3,13H2,1-2H3,(H,29,30,33). The van der Waals surface area contributed by atoms with Crippen LogP contribution < -0.4 is 15.4 Å². The Balaban J connectivity index is 1.74. The highest BCUT2D eigenvalue weighted by Gasteiger charge is 2.25. The molecular formula is C25H21F2N5O4S. The number of nitro groups is 1. The Morgan fingerprint density at radius 3 is 2.32 bits per heavy atom. The molecule has 0 aliphatic carbocycles. The zero-order chi connectivity index (χ0) is 26.5. The Labute approximate surface area is 214 Å². The number of nitrogens with zero attached hydrogens (tertiary/aromatic N) is 3. The van der Waals surface area contributed by atoms with E-state index in [0.717, 1.165) is 12.1 Å². The summed E-state index contributed by atoms with van der Waals surface area (Å²) in [5.74, 6) is -1.47. The number of nitro benzene ring substituents is 1. The molecule has 0 unspecified atom stereocenters. The van der Waals surface area contributed by atoms with Crippen LogP contribution in [0.5, 0.6) is 5.88 Å². The Morgan fingerprint density at radius 1 is 1.05 bits per heavy atom. The summed E-state index contributed by atoms with van der Waals surface area (Å²) in [6, 6.07) is 12.6. The third kappa shape index (κ3) is 5.54. The molecule has 4 aromatic rings. The maximum atomic E-state index is 14.2. The van der Waals surface area contributed by atoms with Crippen molar-refractivity contribution in [3.05, 3.63) is 93.0 Å². The number of thiophene rings is 1. The number of non-ortho nitro benzene ring substituents is 1. The van der Waals surface area contributed by atoms with E-state index in [1.807, 2.05) is 6.92 Å². The summed E-state index contributed by atoms with van der Waals surface area (Å²) >= 11 is 1.21. The van der Waals surface area contributed by atoms with Crippen molar-refractivity contribution in [3.8, 4) is 16.3 Å². The summed E-state index contributed by atoms with van der Waals surface area (Å²) in [4.78, 5) is 24.7. The van der Waals surface area contributed by atoms with Gasteiger partial charge in [-0.05, 0) is 47.9 Å². The van der Waals surface area contributed by atoms with Gasteiger partial charge in [-0.2, -0.15) is 0 Å². The smallest absolute Gasteiger partial charge is 0.269 e. The lowest BCUT2D eigenvalue weighted by Crippen LogP contribution is -2.16. The van der Waals surface area contributed by atoms with Gasteiger partial charge in [0.15, 0.2) is 5.82 Å². The van der Waals surface area contributed by atoms with E-state index in [1.54, 1.807) is 18.2 Å². The molecule has 0 aliphatic rings. The van der Waals surface area contributed by atoms with E-state index in [4.69, 9.17) is 4.74 Å². The molecule has 0 saturated heterocycles. The Bertz CT molecular complexity index is 1420. The normalized spacial score (nSPS) is 10.7. The van der Waals surface area contributed by atoms with Crippen molar-refractivity contribution in [3.63, 3.8) is 0 Å². The molecule has 1 amide bonds. The summed E-state index contributed by atoms with van der Waals surface area (Å²) in [6.07, 6.45) is 0.440. The van der Waals surface area contributed by atoms with E-state index in [9.17, 15) is 23.7 Å². The number of nitrogens with one attached hydrogen (secondary N) is 2. The second-order valence-electron chi connectivity index (χ2n) is 7.74. The molecule has 190 valence electrons. The van der Waals surface area contributed by atoms with Gasteiger partial charge in [0.05, 0.1) is 17.6 Å². The topological polar surface area (TPSA) is 119 Å². The number of halogens is 2. The summed E-state index contributed by atoms with van der Waals surface area (Å²) in [7, 11) is 1.44. The van der Waals surface area contributed by atoms with Gasteiger partial charge in [0.2, 0.25) is 5.88 Å². The molecule has 12 heteroatoms. The highest BCUT2D eigenvalue weighted by molar-refractivity contribution is 7.20. The first kappa shape index (κ1) is 25.6. The lowest BCUT2D eigenvalue weighted by Gasteiger charge is -2.11. The number of hydrogen-bond donors (Lipinski definition) is 2. The first-order chi connectivity index (χ1) is 17.8. The van der Waals surface area contributed by atoms with Crippen LogP contribution in [0, 0.1) is 21.7 Å². The molecule has 0 fully saturated rings. The molecule has 0 spiro atoms. The molecule has 0 saturated carbocycles. The quantitative estimate of drug-likeness (QED) is 0.209. The van der Waals surface area contributed by atoms with Crippen molar-refractivity contribution in [2.75, 3.05) is 17.7 Å². The van der Waals surface area contributed by atoms with Gasteiger partial charge in [-0.1, -0.05) is 13.0 Å². The van der Waals surface area contributed by atoms with Gasteiger partial charge in [-0.3, -0.25) is 14.9 Å². The summed E-state index contributed by atoms with van der Waals surface area (Å²) in [5.41, 5.74) is 1.36. The minimum atomic E-state index is -0.713. The highest BCUT2D eigenvalue weighted by Crippen LogP contribution is 2.42. The van der Waals surface area contributed by atoms with Crippen LogP contribution in [0.4, 0.5) is 25.3 Å². The predicted molar refractivity (Wildman–Crippen MR) is 136 cm³/mol. The van der Waals surface area contributed by atoms with Gasteiger partial charge in [-0.15, -0.1) is 21.5 Å². The monoisotopic (exact) mass is 525 g/mol. The first-order valence-corrected chi connectivity index (χ1v) is 11.9. The number of benzene rings is 2. The molecule has 0 atom stereocenters. The fourth-order valence-corrected chi connectivity index (χ4v) is 4.97. The second kappa shape index (κ2) is 11.1. The van der Waals surface area contributed by atoms with E-state index >= 15 is 0 Å². The fraction of sp³-hybridized carbons (Fsp3) is 0.160. The van der Waals surface area contributed by atoms with Crippen LogP contribution in [0.1, 0.15) is 28.4 Å². The van der Waals surface area contributed by atoms with Crippen molar-refractivity contribution in [1.29, 1.82) is 0 Å². The average Bonchev–Trinajstić information content (AvgIpc) is 3.27. The molecule has 2 heterocycles. The van der Waals surface area contributed by atoms with Crippen LogP contribution in [-0.4, -0.2) is 28.1 Å². The lowest BCUT2D eigenvalue weighted by atomic mass is 10.0. The van der Waals surface area contributed by atoms with Crippen molar-refractivity contribution >= 4 is 33.8 Å². The van der Waals surface area contributed by atoms with Crippen LogP contribution in [0.3, 0.4) is 0 Å². The number of carbonyl (C=O) groups excluding carboxylic acids is 1. The number of ether oxygens (including phenoxy) is 1. The third-order valence-electron chi connectivity index (χ3n) is 5.51. The summed E-state index contributed by atoms with van der Waals surface area (Å²) < 4.78 is 33.5. The van der Waals surface area contributed by atoms with E-state index in [0.29, 0.717) is 27.4 Å². The number of aromatic nitrogens is 2. The maximum absolute atomic E-state index is 14.2. The average molecular weight is 526 g/mol. The van der Waals surface area contributed by atoms with Crippen LogP contribution in [0.25, 0.3) is 10.4 Å². The summed E-state index contributed by atoms with van der Waals surface area (Å²) in [5, 5.41) is 24.9. The van der Waals surface area contributed by atoms with Crippen LogP contribution in [0.15, 0.2) is 54.6 Å². The molecule has 2 aromatic heterocycles. The molecule has 37 heavy (non-hydrogen) atoms. The highest BCUT2D eigenvalue weighted by atomic mass is 32.1. The van der Waals surface area contributed by atoms with Gasteiger partial charge in [0.1, 0.15) is 16.6 Å². The molecule has 0 aliphatic heterocycles. The Hall–Kier alpha value is -4.45. The largest absolute Gasteiger partial charge is 0.480 e. The fourth-order valence-electron chi connectivity index (χ4n) is 3.68. The van der Waals surface area contributed by atoms with Crippen LogP contribution >= 0.6 is 11.3 Å². The minimum Gasteiger partial charge on any atom is -0.480 e. The number of amides is 1. The zero-order valence-electron chi connectivity index (χ0n) is 19.7. The molecule has 9 nitrogen and oxygen atoms in total. The molecule has 2 N–H and O–H groups in total. The van der Waals surface area contributed by atoms with E-state index in [1.165, 1.54) is 42.7 Å². The van der Waals surface area contributed by atoms with E-state index in [2.05, 4.69) is 20.8 Å². The number of carbonyl (C=O) groups is 1. The van der Waals surface area contributed by atoms with Gasteiger partial charge < -0.3 is 15.4 Å². The van der Waals surface area contributed by atoms with Crippen LogP contribution in [-0.2, 0) is 13.0 Å². The van der Waals surface area contributed by atoms with E-state index < -0.39 is 22.5 Å². The van der Waals surface area contributed by atoms with Crippen LogP contribution in [0.2, 0.25) is 0 Å². The zero-order valence-corrected chi connectivity index (χ0v) is 20.6. The first-order valence-electron chi connectivity index (χ1n) is 11.1. The molecule has 0 bridgehead atoms. The molecule has 4 rings (SSSR count). The number of rotatable bonds is 9. The number of hydrogen-bond acceptors (Lipinski definition) is 8. The van der Waals surface area contributed by atoms with E-state index in [-0.39, 0.29) is 35.1 Å². The summed E-state index contributed by atoms with van der Waals surface area (Å²) in [6.45, 7) is 1.66. The van der Waals surface area contributed by atoms with Gasteiger partial charge in [0.25, 0.3) is 11.6 Å². The molecular weight excluding hydrogens is 504 g/mol. The molecule has 2 aromatic carbocycles. The van der Waals surface area contributed by atoms with Gasteiger partial charge >= 0.3 is 0 Å². The van der Waals surface area contributed by atoms with Gasteiger partial charge in [0, 0.05) is 35.2 Å².